The van der Waals surface area contributed by atoms with Gasteiger partial charge in [0.25, 0.3) is 0 Å². The number of hydrogen-bond donors (Lipinski definition) is 5. The van der Waals surface area contributed by atoms with E-state index in [9.17, 15) is 14.4 Å². The second-order valence-corrected chi connectivity index (χ2v) is 6.78. The highest BCUT2D eigenvalue weighted by Crippen LogP contribution is 2.15. The smallest absolute Gasteiger partial charge is 0.319 e. The van der Waals surface area contributed by atoms with E-state index in [1.165, 1.54) is 0 Å². The molecule has 0 fully saturated rings. The van der Waals surface area contributed by atoms with E-state index < -0.39 is 11.9 Å². The van der Waals surface area contributed by atoms with Crippen LogP contribution in [0.5, 0.6) is 0 Å². The molecule has 0 saturated heterocycles. The van der Waals surface area contributed by atoms with Gasteiger partial charge in [0, 0.05) is 30.3 Å². The van der Waals surface area contributed by atoms with Crippen LogP contribution in [0.25, 0.3) is 0 Å². The molecule has 0 spiro atoms. The Hall–Kier alpha value is -3.46. The van der Waals surface area contributed by atoms with E-state index in [4.69, 9.17) is 5.73 Å². The van der Waals surface area contributed by atoms with Crippen LogP contribution in [0.3, 0.4) is 0 Å². The SMILES string of the molecule is CC(C)[C@H](N)C(=O)NCC(=O)Nc1cccc(NC(=O)NCc2ccncc2)c1. The minimum atomic E-state index is -0.666. The molecule has 6 N–H and O–H groups in total. The van der Waals surface area contributed by atoms with Gasteiger partial charge in [0.05, 0.1) is 12.6 Å². The number of anilines is 2. The highest BCUT2D eigenvalue weighted by atomic mass is 16.2. The Kier molecular flexibility index (Phi) is 8.11. The van der Waals surface area contributed by atoms with Gasteiger partial charge < -0.3 is 27.0 Å². The van der Waals surface area contributed by atoms with E-state index in [1.807, 2.05) is 26.0 Å². The first-order valence-electron chi connectivity index (χ1n) is 9.22. The summed E-state index contributed by atoms with van der Waals surface area (Å²) in [6.45, 7) is 3.83. The molecule has 2 rings (SSSR count). The van der Waals surface area contributed by atoms with Gasteiger partial charge >= 0.3 is 6.03 Å². The minimum absolute atomic E-state index is 0.0227. The molecule has 0 radical (unpaired) electrons. The molecule has 0 unspecified atom stereocenters. The van der Waals surface area contributed by atoms with Crippen molar-refractivity contribution in [3.8, 4) is 0 Å². The van der Waals surface area contributed by atoms with Crippen LogP contribution in [-0.2, 0) is 16.1 Å². The molecule has 4 amide bonds. The van der Waals surface area contributed by atoms with Crippen molar-refractivity contribution in [2.45, 2.75) is 26.4 Å². The first-order chi connectivity index (χ1) is 13.8. The molecule has 0 aliphatic carbocycles. The molecule has 0 saturated carbocycles. The van der Waals surface area contributed by atoms with Gasteiger partial charge in [-0.15, -0.1) is 0 Å². The molecule has 1 heterocycles. The Bertz CT molecular complexity index is 841. The zero-order chi connectivity index (χ0) is 21.2. The topological polar surface area (TPSA) is 138 Å². The molecule has 0 aliphatic heterocycles. The predicted molar refractivity (Wildman–Crippen MR) is 111 cm³/mol. The van der Waals surface area contributed by atoms with Crippen molar-refractivity contribution in [1.29, 1.82) is 0 Å². The van der Waals surface area contributed by atoms with Crippen LogP contribution in [0.1, 0.15) is 19.4 Å². The van der Waals surface area contributed by atoms with Crippen LogP contribution in [0.4, 0.5) is 16.2 Å². The standard InChI is InChI=1S/C20H26N6O3/c1-13(2)18(21)19(28)23-12-17(27)25-15-4-3-5-16(10-15)26-20(29)24-11-14-6-8-22-9-7-14/h3-10,13,18H,11-12,21H2,1-2H3,(H,23,28)(H,25,27)(H2,24,26,29)/t18-/m0/s1. The molecular weight excluding hydrogens is 372 g/mol. The summed E-state index contributed by atoms with van der Waals surface area (Å²) >= 11 is 0. The third kappa shape index (κ3) is 7.59. The average molecular weight is 398 g/mol. The summed E-state index contributed by atoms with van der Waals surface area (Å²) in [6, 6.07) is 9.27. The van der Waals surface area contributed by atoms with Gasteiger partial charge in [0.15, 0.2) is 0 Å². The minimum Gasteiger partial charge on any atom is -0.346 e. The van der Waals surface area contributed by atoms with Crippen molar-refractivity contribution in [3.05, 3.63) is 54.4 Å². The lowest BCUT2D eigenvalue weighted by molar-refractivity contribution is -0.125. The molecule has 1 aromatic heterocycles. The van der Waals surface area contributed by atoms with Gasteiger partial charge in [-0.25, -0.2) is 4.79 Å². The summed E-state index contributed by atoms with van der Waals surface area (Å²) in [4.78, 5) is 39.8. The number of nitrogens with two attached hydrogens (primary N) is 1. The van der Waals surface area contributed by atoms with Crippen molar-refractivity contribution in [2.75, 3.05) is 17.2 Å². The number of amides is 4. The molecule has 2 aromatic rings. The maximum Gasteiger partial charge on any atom is 0.319 e. The third-order valence-electron chi connectivity index (χ3n) is 4.05. The van der Waals surface area contributed by atoms with Gasteiger partial charge in [-0.2, -0.15) is 0 Å². The van der Waals surface area contributed by atoms with Crippen molar-refractivity contribution >= 4 is 29.2 Å². The number of hydrogen-bond acceptors (Lipinski definition) is 5. The zero-order valence-corrected chi connectivity index (χ0v) is 16.4. The lowest BCUT2D eigenvalue weighted by Crippen LogP contribution is -2.46. The van der Waals surface area contributed by atoms with Crippen LogP contribution in [0.15, 0.2) is 48.8 Å². The Morgan fingerprint density at radius 3 is 2.31 bits per heavy atom. The fourth-order valence-corrected chi connectivity index (χ4v) is 2.33. The monoisotopic (exact) mass is 398 g/mol. The number of benzene rings is 1. The number of pyridine rings is 1. The molecule has 1 atom stereocenters. The molecule has 0 bridgehead atoms. The zero-order valence-electron chi connectivity index (χ0n) is 16.4. The molecule has 1 aromatic carbocycles. The van der Waals surface area contributed by atoms with E-state index in [0.717, 1.165) is 5.56 Å². The van der Waals surface area contributed by atoms with Crippen molar-refractivity contribution in [3.63, 3.8) is 0 Å². The summed E-state index contributed by atoms with van der Waals surface area (Å²) in [5.74, 6) is -0.796. The van der Waals surface area contributed by atoms with Crippen molar-refractivity contribution in [1.82, 2.24) is 15.6 Å². The number of carbonyl (C=O) groups is 3. The first kappa shape index (κ1) is 21.8. The summed E-state index contributed by atoms with van der Waals surface area (Å²) in [5.41, 5.74) is 7.66. The van der Waals surface area contributed by atoms with Gasteiger partial charge in [-0.1, -0.05) is 19.9 Å². The second kappa shape index (κ2) is 10.8. The Morgan fingerprint density at radius 1 is 1.00 bits per heavy atom. The predicted octanol–water partition coefficient (Wildman–Crippen LogP) is 1.44. The number of carbonyl (C=O) groups excluding carboxylic acids is 3. The summed E-state index contributed by atoms with van der Waals surface area (Å²) in [6.07, 6.45) is 3.31. The molecular formula is C20H26N6O3. The highest BCUT2D eigenvalue weighted by molar-refractivity contribution is 5.96. The normalized spacial score (nSPS) is 11.4. The number of aromatic nitrogens is 1. The number of nitrogens with one attached hydrogen (secondary N) is 4. The average Bonchev–Trinajstić information content (AvgIpc) is 2.71. The Balaban J connectivity index is 1.81. The van der Waals surface area contributed by atoms with Crippen LogP contribution in [-0.4, -0.2) is 35.4 Å². The number of rotatable bonds is 8. The van der Waals surface area contributed by atoms with Crippen LogP contribution in [0.2, 0.25) is 0 Å². The van der Waals surface area contributed by atoms with Gasteiger partial charge in [-0.05, 0) is 41.8 Å². The fourth-order valence-electron chi connectivity index (χ4n) is 2.33. The molecule has 9 nitrogen and oxygen atoms in total. The van der Waals surface area contributed by atoms with E-state index >= 15 is 0 Å². The maximum absolute atomic E-state index is 12.0. The van der Waals surface area contributed by atoms with Gasteiger partial charge in [-0.3, -0.25) is 14.6 Å². The lowest BCUT2D eigenvalue weighted by Gasteiger charge is -2.15. The Labute approximate surface area is 169 Å². The molecule has 0 aliphatic rings. The lowest BCUT2D eigenvalue weighted by atomic mass is 10.1. The van der Waals surface area contributed by atoms with Gasteiger partial charge in [0.1, 0.15) is 0 Å². The van der Waals surface area contributed by atoms with Gasteiger partial charge in [0.2, 0.25) is 11.8 Å². The summed E-state index contributed by atoms with van der Waals surface area (Å²) in [5, 5.41) is 10.6. The highest BCUT2D eigenvalue weighted by Gasteiger charge is 2.17. The van der Waals surface area contributed by atoms with E-state index in [-0.39, 0.29) is 24.4 Å². The van der Waals surface area contributed by atoms with Crippen molar-refractivity contribution in [2.24, 2.45) is 11.7 Å². The Morgan fingerprint density at radius 2 is 1.66 bits per heavy atom. The van der Waals surface area contributed by atoms with E-state index in [0.29, 0.717) is 17.9 Å². The quantitative estimate of drug-likeness (QED) is 0.458. The van der Waals surface area contributed by atoms with E-state index in [1.54, 1.807) is 36.7 Å². The van der Waals surface area contributed by atoms with Crippen LogP contribution >= 0.6 is 0 Å². The van der Waals surface area contributed by atoms with Crippen molar-refractivity contribution < 1.29 is 14.4 Å². The fraction of sp³-hybridized carbons (Fsp3) is 0.300. The third-order valence-corrected chi connectivity index (χ3v) is 4.05. The summed E-state index contributed by atoms with van der Waals surface area (Å²) in [7, 11) is 0. The molecule has 9 heteroatoms. The van der Waals surface area contributed by atoms with Crippen LogP contribution < -0.4 is 27.0 Å². The van der Waals surface area contributed by atoms with Crippen LogP contribution in [0, 0.1) is 5.92 Å². The number of nitrogens with zero attached hydrogens (tertiary/aromatic N) is 1. The summed E-state index contributed by atoms with van der Waals surface area (Å²) < 4.78 is 0. The molecule has 29 heavy (non-hydrogen) atoms. The maximum atomic E-state index is 12.0. The largest absolute Gasteiger partial charge is 0.346 e. The molecule has 154 valence electrons. The first-order valence-corrected chi connectivity index (χ1v) is 9.22. The number of urea groups is 1. The van der Waals surface area contributed by atoms with E-state index in [2.05, 4.69) is 26.3 Å². The second-order valence-electron chi connectivity index (χ2n) is 6.78.